The molecule has 0 bridgehead atoms. The molecule has 1 aromatic rings. The highest BCUT2D eigenvalue weighted by Gasteiger charge is 2.32. The van der Waals surface area contributed by atoms with E-state index in [2.05, 4.69) is 32.3 Å². The van der Waals surface area contributed by atoms with Gasteiger partial charge in [0.05, 0.1) is 6.61 Å². The van der Waals surface area contributed by atoms with Gasteiger partial charge in [-0.05, 0) is 30.2 Å². The Labute approximate surface area is 122 Å². The molecular weight excluding hydrogens is 250 g/mol. The third kappa shape index (κ3) is 3.72. The van der Waals surface area contributed by atoms with Crippen molar-refractivity contribution in [2.75, 3.05) is 13.2 Å². The molecular formula is C17H27NO2. The minimum atomic E-state index is 0.0820. The number of Topliss-reactive ketones (excluding diaryl/α,β-unsaturated/α-hetero) is 1. The molecule has 1 aliphatic rings. The minimum Gasteiger partial charge on any atom is -0.380 e. The fraction of sp³-hybridized carbons (Fsp3) is 0.706. The fourth-order valence-electron chi connectivity index (χ4n) is 2.80. The van der Waals surface area contributed by atoms with E-state index in [-0.39, 0.29) is 11.2 Å². The van der Waals surface area contributed by atoms with Gasteiger partial charge in [0, 0.05) is 37.0 Å². The van der Waals surface area contributed by atoms with Crippen LogP contribution < -0.4 is 0 Å². The Morgan fingerprint density at radius 3 is 2.75 bits per heavy atom. The topological polar surface area (TPSA) is 31.2 Å². The largest absolute Gasteiger partial charge is 0.380 e. The molecule has 0 saturated carbocycles. The number of carbonyl (C=O) groups excluding carboxylic acids is 1. The van der Waals surface area contributed by atoms with Crippen molar-refractivity contribution >= 4 is 5.78 Å². The number of hydrogen-bond donors (Lipinski definition) is 0. The summed E-state index contributed by atoms with van der Waals surface area (Å²) in [4.78, 5) is 12.1. The van der Waals surface area contributed by atoms with Crippen LogP contribution >= 0.6 is 0 Å². The molecule has 0 aliphatic heterocycles. The molecule has 1 aromatic heterocycles. The standard InChI is InChI=1S/C17H27NO2/c1-13(2)6-9-20-10-8-18-7-5-14-15(18)11-17(3,4)12-16(14)19/h5,7,13H,6,8-12H2,1-4H3. The maximum absolute atomic E-state index is 12.1. The highest BCUT2D eigenvalue weighted by Crippen LogP contribution is 2.35. The zero-order chi connectivity index (χ0) is 14.8. The lowest BCUT2D eigenvalue weighted by molar-refractivity contribution is 0.0905. The first-order valence-electron chi connectivity index (χ1n) is 7.68. The molecule has 3 heteroatoms. The number of carbonyl (C=O) groups is 1. The average molecular weight is 277 g/mol. The molecule has 0 spiro atoms. The number of rotatable bonds is 6. The van der Waals surface area contributed by atoms with Crippen molar-refractivity contribution in [1.82, 2.24) is 4.57 Å². The van der Waals surface area contributed by atoms with E-state index in [1.165, 1.54) is 5.69 Å². The number of ketones is 1. The summed E-state index contributed by atoms with van der Waals surface area (Å²) < 4.78 is 7.88. The van der Waals surface area contributed by atoms with Gasteiger partial charge in [-0.15, -0.1) is 0 Å². The first-order valence-corrected chi connectivity index (χ1v) is 7.68. The van der Waals surface area contributed by atoms with Crippen LogP contribution in [0.25, 0.3) is 0 Å². The monoisotopic (exact) mass is 277 g/mol. The molecule has 3 nitrogen and oxygen atoms in total. The number of ether oxygens (including phenoxy) is 1. The Balaban J connectivity index is 1.93. The second-order valence-corrected chi connectivity index (χ2v) is 7.11. The Bertz CT molecular complexity index is 471. The Hall–Kier alpha value is -1.09. The second-order valence-electron chi connectivity index (χ2n) is 7.11. The van der Waals surface area contributed by atoms with E-state index in [0.717, 1.165) is 38.2 Å². The first kappa shape index (κ1) is 15.3. The molecule has 112 valence electrons. The minimum absolute atomic E-state index is 0.0820. The zero-order valence-corrected chi connectivity index (χ0v) is 13.2. The van der Waals surface area contributed by atoms with Crippen molar-refractivity contribution in [1.29, 1.82) is 0 Å². The first-order chi connectivity index (χ1) is 9.39. The summed E-state index contributed by atoms with van der Waals surface area (Å²) in [7, 11) is 0. The lowest BCUT2D eigenvalue weighted by atomic mass is 9.76. The molecule has 0 amide bonds. The van der Waals surface area contributed by atoms with Gasteiger partial charge < -0.3 is 9.30 Å². The SMILES string of the molecule is CC(C)CCOCCn1ccc2c1CC(C)(C)CC2=O. The van der Waals surface area contributed by atoms with Crippen molar-refractivity contribution < 1.29 is 9.53 Å². The van der Waals surface area contributed by atoms with Gasteiger partial charge in [0.1, 0.15) is 0 Å². The van der Waals surface area contributed by atoms with E-state index >= 15 is 0 Å². The van der Waals surface area contributed by atoms with Gasteiger partial charge in [-0.25, -0.2) is 0 Å². The quantitative estimate of drug-likeness (QED) is 0.742. The van der Waals surface area contributed by atoms with Crippen LogP contribution in [0.4, 0.5) is 0 Å². The highest BCUT2D eigenvalue weighted by atomic mass is 16.5. The van der Waals surface area contributed by atoms with Crippen LogP contribution in [0.3, 0.4) is 0 Å². The molecule has 0 aromatic carbocycles. The van der Waals surface area contributed by atoms with Gasteiger partial charge in [-0.1, -0.05) is 27.7 Å². The van der Waals surface area contributed by atoms with E-state index in [1.54, 1.807) is 0 Å². The summed E-state index contributed by atoms with van der Waals surface area (Å²) in [6.45, 7) is 11.2. The maximum atomic E-state index is 12.1. The fourth-order valence-corrected chi connectivity index (χ4v) is 2.80. The summed E-state index contributed by atoms with van der Waals surface area (Å²) in [5.74, 6) is 0.975. The Kier molecular flexibility index (Phi) is 4.69. The van der Waals surface area contributed by atoms with Crippen molar-refractivity contribution in [2.24, 2.45) is 11.3 Å². The average Bonchev–Trinajstić information content (AvgIpc) is 2.70. The smallest absolute Gasteiger partial charge is 0.165 e. The third-order valence-corrected chi connectivity index (χ3v) is 3.98. The van der Waals surface area contributed by atoms with Crippen LogP contribution in [0.1, 0.15) is 56.6 Å². The van der Waals surface area contributed by atoms with Crippen LogP contribution in [-0.4, -0.2) is 23.6 Å². The van der Waals surface area contributed by atoms with Gasteiger partial charge in [0.2, 0.25) is 0 Å². The van der Waals surface area contributed by atoms with E-state index in [1.807, 2.05) is 12.3 Å². The number of nitrogens with zero attached hydrogens (tertiary/aromatic N) is 1. The van der Waals surface area contributed by atoms with Crippen molar-refractivity contribution in [3.8, 4) is 0 Å². The van der Waals surface area contributed by atoms with Crippen LogP contribution in [0.15, 0.2) is 12.3 Å². The van der Waals surface area contributed by atoms with Crippen molar-refractivity contribution in [2.45, 2.75) is 53.5 Å². The summed E-state index contributed by atoms with van der Waals surface area (Å²) in [5.41, 5.74) is 2.20. The predicted molar refractivity (Wildman–Crippen MR) is 81.1 cm³/mol. The Morgan fingerprint density at radius 1 is 1.30 bits per heavy atom. The molecule has 0 atom stereocenters. The van der Waals surface area contributed by atoms with E-state index < -0.39 is 0 Å². The van der Waals surface area contributed by atoms with Crippen LogP contribution in [0.2, 0.25) is 0 Å². The van der Waals surface area contributed by atoms with Crippen LogP contribution in [0.5, 0.6) is 0 Å². The molecule has 0 unspecified atom stereocenters. The molecule has 0 N–H and O–H groups in total. The lowest BCUT2D eigenvalue weighted by Crippen LogP contribution is -2.28. The zero-order valence-electron chi connectivity index (χ0n) is 13.2. The molecule has 1 heterocycles. The van der Waals surface area contributed by atoms with Gasteiger partial charge in [0.25, 0.3) is 0 Å². The molecule has 0 fully saturated rings. The summed E-state index contributed by atoms with van der Waals surface area (Å²) >= 11 is 0. The number of hydrogen-bond acceptors (Lipinski definition) is 2. The van der Waals surface area contributed by atoms with Crippen LogP contribution in [0, 0.1) is 11.3 Å². The molecule has 0 saturated heterocycles. The van der Waals surface area contributed by atoms with Gasteiger partial charge >= 0.3 is 0 Å². The van der Waals surface area contributed by atoms with Crippen molar-refractivity contribution in [3.05, 3.63) is 23.5 Å². The molecule has 2 rings (SSSR count). The lowest BCUT2D eigenvalue weighted by Gasteiger charge is -2.29. The molecule has 20 heavy (non-hydrogen) atoms. The maximum Gasteiger partial charge on any atom is 0.165 e. The third-order valence-electron chi connectivity index (χ3n) is 3.98. The second kappa shape index (κ2) is 6.13. The summed E-state index contributed by atoms with van der Waals surface area (Å²) in [6, 6.07) is 1.97. The summed E-state index contributed by atoms with van der Waals surface area (Å²) in [6.07, 6.45) is 4.78. The highest BCUT2D eigenvalue weighted by molar-refractivity contribution is 5.98. The van der Waals surface area contributed by atoms with Crippen LogP contribution in [-0.2, 0) is 17.7 Å². The number of fused-ring (bicyclic) bond motifs is 1. The van der Waals surface area contributed by atoms with E-state index in [0.29, 0.717) is 12.3 Å². The van der Waals surface area contributed by atoms with Gasteiger partial charge in [-0.2, -0.15) is 0 Å². The van der Waals surface area contributed by atoms with Gasteiger partial charge in [0.15, 0.2) is 5.78 Å². The molecule has 0 radical (unpaired) electrons. The number of aromatic nitrogens is 1. The Morgan fingerprint density at radius 2 is 2.05 bits per heavy atom. The molecule has 1 aliphatic carbocycles. The van der Waals surface area contributed by atoms with Gasteiger partial charge in [-0.3, -0.25) is 4.79 Å². The predicted octanol–water partition coefficient (Wildman–Crippen LogP) is 3.71. The van der Waals surface area contributed by atoms with Crippen molar-refractivity contribution in [3.63, 3.8) is 0 Å². The summed E-state index contributed by atoms with van der Waals surface area (Å²) in [5, 5.41) is 0. The van der Waals surface area contributed by atoms with E-state index in [9.17, 15) is 4.79 Å². The normalized spacial score (nSPS) is 17.6. The van der Waals surface area contributed by atoms with E-state index in [4.69, 9.17) is 4.74 Å².